The molecule has 4 nitrogen and oxygen atoms in total. The fourth-order valence-corrected chi connectivity index (χ4v) is 3.08. The van der Waals surface area contributed by atoms with Gasteiger partial charge in [-0.2, -0.15) is 0 Å². The van der Waals surface area contributed by atoms with Crippen LogP contribution in [0.2, 0.25) is 0 Å². The van der Waals surface area contributed by atoms with E-state index in [0.29, 0.717) is 12.8 Å². The molecule has 2 atom stereocenters. The molecule has 1 saturated carbocycles. The predicted molar refractivity (Wildman–Crippen MR) is 62.0 cm³/mol. The van der Waals surface area contributed by atoms with Gasteiger partial charge in [-0.3, -0.25) is 4.79 Å². The van der Waals surface area contributed by atoms with Gasteiger partial charge in [0, 0.05) is 0 Å². The molecule has 1 fully saturated rings. The Morgan fingerprint density at radius 2 is 1.88 bits per heavy atom. The van der Waals surface area contributed by atoms with Crippen molar-refractivity contribution in [2.75, 3.05) is 5.75 Å². The molecule has 0 spiro atoms. The van der Waals surface area contributed by atoms with Crippen molar-refractivity contribution < 1.29 is 18.3 Å². The molecule has 94 valence electrons. The molecule has 5 heteroatoms. The molecule has 0 bridgehead atoms. The summed E-state index contributed by atoms with van der Waals surface area (Å²) >= 11 is 0. The summed E-state index contributed by atoms with van der Waals surface area (Å²) in [7, 11) is -3.11. The molecule has 2 unspecified atom stereocenters. The summed E-state index contributed by atoms with van der Waals surface area (Å²) in [6.07, 6.45) is 2.02. The van der Waals surface area contributed by atoms with Crippen LogP contribution in [0.5, 0.6) is 0 Å². The van der Waals surface area contributed by atoms with Crippen molar-refractivity contribution in [3.05, 3.63) is 0 Å². The van der Waals surface area contributed by atoms with Crippen LogP contribution in [0.25, 0.3) is 0 Å². The lowest BCUT2D eigenvalue weighted by Crippen LogP contribution is -2.36. The van der Waals surface area contributed by atoms with Gasteiger partial charge in [-0.1, -0.05) is 0 Å². The van der Waals surface area contributed by atoms with Gasteiger partial charge in [-0.05, 0) is 46.0 Å². The smallest absolute Gasteiger partial charge is 0.306 e. The Labute approximate surface area is 97.0 Å². The highest BCUT2D eigenvalue weighted by molar-refractivity contribution is 7.92. The first-order valence-corrected chi connectivity index (χ1v) is 7.25. The van der Waals surface area contributed by atoms with Crippen molar-refractivity contribution in [3.63, 3.8) is 0 Å². The van der Waals surface area contributed by atoms with Crippen LogP contribution < -0.4 is 0 Å². The first kappa shape index (κ1) is 13.5. The number of hydrogen-bond acceptors (Lipinski definition) is 3. The summed E-state index contributed by atoms with van der Waals surface area (Å²) < 4.78 is 22.9. The Morgan fingerprint density at radius 1 is 1.31 bits per heavy atom. The first-order valence-electron chi connectivity index (χ1n) is 5.60. The highest BCUT2D eigenvalue weighted by Gasteiger charge is 2.38. The number of carboxylic acid groups (broad SMARTS) is 1. The Hall–Kier alpha value is -0.580. The van der Waals surface area contributed by atoms with E-state index in [4.69, 9.17) is 5.11 Å². The molecule has 0 saturated heterocycles. The van der Waals surface area contributed by atoms with E-state index >= 15 is 0 Å². The average Bonchev–Trinajstić information content (AvgIpc) is 1.98. The van der Waals surface area contributed by atoms with Gasteiger partial charge in [0.1, 0.15) is 0 Å². The molecule has 1 aliphatic rings. The molecule has 1 rings (SSSR count). The van der Waals surface area contributed by atoms with Gasteiger partial charge in [-0.15, -0.1) is 0 Å². The first-order chi connectivity index (χ1) is 7.15. The lowest BCUT2D eigenvalue weighted by molar-refractivity contribution is -0.147. The molecule has 0 amide bonds. The fourth-order valence-electron chi connectivity index (χ4n) is 1.85. The molecule has 0 aliphatic heterocycles. The standard InChI is InChI=1S/C11H20O4S/c1-11(2,3)16(14,15)7-6-8-4-5-9(8)10(12)13/h8-9H,4-7H2,1-3H3,(H,12,13). The Bertz CT molecular complexity index is 364. The number of carboxylic acids is 1. The zero-order valence-electron chi connectivity index (χ0n) is 10.1. The number of aliphatic carboxylic acids is 1. The van der Waals surface area contributed by atoms with Gasteiger partial charge in [0.05, 0.1) is 16.4 Å². The molecule has 0 radical (unpaired) electrons. The van der Waals surface area contributed by atoms with E-state index in [1.165, 1.54) is 0 Å². The van der Waals surface area contributed by atoms with Gasteiger partial charge in [0.2, 0.25) is 0 Å². The van der Waals surface area contributed by atoms with E-state index in [1.54, 1.807) is 20.8 Å². The van der Waals surface area contributed by atoms with E-state index in [0.717, 1.165) is 6.42 Å². The second kappa shape index (κ2) is 4.35. The van der Waals surface area contributed by atoms with E-state index in [1.807, 2.05) is 0 Å². The van der Waals surface area contributed by atoms with Crippen LogP contribution in [0.15, 0.2) is 0 Å². The van der Waals surface area contributed by atoms with Gasteiger partial charge in [-0.25, -0.2) is 8.42 Å². The lowest BCUT2D eigenvalue weighted by atomic mass is 9.72. The summed E-state index contributed by atoms with van der Waals surface area (Å²) in [5.74, 6) is -0.959. The average molecular weight is 248 g/mol. The molecular weight excluding hydrogens is 228 g/mol. The molecule has 16 heavy (non-hydrogen) atoms. The van der Waals surface area contributed by atoms with Crippen LogP contribution in [0, 0.1) is 11.8 Å². The van der Waals surface area contributed by atoms with Crippen LogP contribution in [0.1, 0.15) is 40.0 Å². The maximum Gasteiger partial charge on any atom is 0.306 e. The molecule has 1 aliphatic carbocycles. The van der Waals surface area contributed by atoms with Gasteiger partial charge in [0.25, 0.3) is 0 Å². The summed E-state index contributed by atoms with van der Waals surface area (Å²) in [6, 6.07) is 0. The Morgan fingerprint density at radius 3 is 2.19 bits per heavy atom. The van der Waals surface area contributed by atoms with Crippen molar-refractivity contribution in [3.8, 4) is 0 Å². The van der Waals surface area contributed by atoms with Crippen LogP contribution in [0.4, 0.5) is 0 Å². The maximum absolute atomic E-state index is 11.8. The third-order valence-electron chi connectivity index (χ3n) is 3.43. The van der Waals surface area contributed by atoms with Gasteiger partial charge in [0.15, 0.2) is 9.84 Å². The third-order valence-corrected chi connectivity index (χ3v) is 6.06. The van der Waals surface area contributed by atoms with Gasteiger partial charge < -0.3 is 5.11 Å². The van der Waals surface area contributed by atoms with E-state index in [2.05, 4.69) is 0 Å². The molecule has 0 aromatic rings. The second-order valence-electron chi connectivity index (χ2n) is 5.50. The topological polar surface area (TPSA) is 71.4 Å². The summed E-state index contributed by atoms with van der Waals surface area (Å²) in [4.78, 5) is 10.8. The van der Waals surface area contributed by atoms with E-state index < -0.39 is 20.6 Å². The highest BCUT2D eigenvalue weighted by Crippen LogP contribution is 2.37. The highest BCUT2D eigenvalue weighted by atomic mass is 32.2. The molecule has 0 aromatic carbocycles. The summed E-state index contributed by atoms with van der Waals surface area (Å²) in [5.41, 5.74) is 0. The van der Waals surface area contributed by atoms with Crippen LogP contribution in [-0.4, -0.2) is 30.0 Å². The number of hydrogen-bond donors (Lipinski definition) is 1. The van der Waals surface area contributed by atoms with Crippen molar-refractivity contribution >= 4 is 15.8 Å². The fraction of sp³-hybridized carbons (Fsp3) is 0.909. The maximum atomic E-state index is 11.8. The van der Waals surface area contributed by atoms with E-state index in [-0.39, 0.29) is 17.6 Å². The quantitative estimate of drug-likeness (QED) is 0.822. The lowest BCUT2D eigenvalue weighted by Gasteiger charge is -2.34. The van der Waals surface area contributed by atoms with Crippen molar-refractivity contribution in [2.24, 2.45) is 11.8 Å². The Kier molecular flexibility index (Phi) is 3.67. The minimum atomic E-state index is -3.11. The third kappa shape index (κ3) is 2.75. The summed E-state index contributed by atoms with van der Waals surface area (Å²) in [5, 5.41) is 8.84. The monoisotopic (exact) mass is 248 g/mol. The number of rotatable bonds is 4. The minimum Gasteiger partial charge on any atom is -0.481 e. The number of carbonyl (C=O) groups is 1. The van der Waals surface area contributed by atoms with Crippen LogP contribution in [-0.2, 0) is 14.6 Å². The SMILES string of the molecule is CC(C)(C)S(=O)(=O)CCC1CCC1C(=O)O. The van der Waals surface area contributed by atoms with Crippen molar-refractivity contribution in [1.82, 2.24) is 0 Å². The van der Waals surface area contributed by atoms with Crippen molar-refractivity contribution in [2.45, 2.75) is 44.8 Å². The molecule has 0 aromatic heterocycles. The normalized spacial score (nSPS) is 26.2. The predicted octanol–water partition coefficient (Wildman–Crippen LogP) is 1.70. The summed E-state index contributed by atoms with van der Waals surface area (Å²) in [6.45, 7) is 5.04. The van der Waals surface area contributed by atoms with Crippen LogP contribution in [0.3, 0.4) is 0 Å². The van der Waals surface area contributed by atoms with Gasteiger partial charge >= 0.3 is 5.97 Å². The Balaban J connectivity index is 2.51. The molecular formula is C11H20O4S. The zero-order chi connectivity index (χ0) is 12.6. The number of sulfone groups is 1. The van der Waals surface area contributed by atoms with E-state index in [9.17, 15) is 13.2 Å². The minimum absolute atomic E-state index is 0.0506. The zero-order valence-corrected chi connectivity index (χ0v) is 10.9. The largest absolute Gasteiger partial charge is 0.481 e. The molecule has 1 N–H and O–H groups in total. The second-order valence-corrected chi connectivity index (χ2v) is 8.36. The molecule has 0 heterocycles. The van der Waals surface area contributed by atoms with Crippen LogP contribution >= 0.6 is 0 Å². The van der Waals surface area contributed by atoms with Crippen molar-refractivity contribution in [1.29, 1.82) is 0 Å².